The van der Waals surface area contributed by atoms with Gasteiger partial charge in [-0.05, 0) is 18.2 Å². The third kappa shape index (κ3) is 2.45. The van der Waals surface area contributed by atoms with E-state index in [0.717, 1.165) is 10.0 Å². The topological polar surface area (TPSA) is 35.2 Å². The molecule has 0 fully saturated rings. The summed E-state index contributed by atoms with van der Waals surface area (Å²) in [6.07, 6.45) is 0. The molecule has 4 heteroatoms. The van der Waals surface area contributed by atoms with Gasteiger partial charge in [-0.3, -0.25) is 4.39 Å². The maximum Gasteiger partial charge on any atom is 0.122 e. The van der Waals surface area contributed by atoms with Crippen LogP contribution in [0.15, 0.2) is 22.7 Å². The van der Waals surface area contributed by atoms with Crippen LogP contribution < -0.4 is 10.5 Å². The molecule has 78 valence electrons. The number of hydrogen-bond acceptors (Lipinski definition) is 2. The minimum Gasteiger partial charge on any atom is -0.496 e. The Morgan fingerprint density at radius 3 is 2.79 bits per heavy atom. The van der Waals surface area contributed by atoms with Gasteiger partial charge < -0.3 is 10.5 Å². The Bertz CT molecular complexity index is 302. The first-order chi connectivity index (χ1) is 6.72. The van der Waals surface area contributed by atoms with Gasteiger partial charge >= 0.3 is 0 Å². The summed E-state index contributed by atoms with van der Waals surface area (Å²) in [6.45, 7) is -0.188. The lowest BCUT2D eigenvalue weighted by Crippen LogP contribution is -2.15. The van der Waals surface area contributed by atoms with Crippen LogP contribution >= 0.6 is 15.9 Å². The van der Waals surface area contributed by atoms with Crippen molar-refractivity contribution in [2.45, 2.75) is 5.92 Å². The standard InChI is InChI=1S/C10H13BrFNO/c1-14-10-3-2-8(11)4-9(10)7(5-12)6-13/h2-4,7H,5-6,13H2,1H3. The van der Waals surface area contributed by atoms with Gasteiger partial charge in [0, 0.05) is 22.5 Å². The molecule has 0 aromatic heterocycles. The first-order valence-electron chi connectivity index (χ1n) is 4.32. The first kappa shape index (κ1) is 11.5. The number of hydrogen-bond donors (Lipinski definition) is 1. The molecule has 0 radical (unpaired) electrons. The highest BCUT2D eigenvalue weighted by Gasteiger charge is 2.14. The van der Waals surface area contributed by atoms with Gasteiger partial charge in [0.1, 0.15) is 5.75 Å². The van der Waals surface area contributed by atoms with Gasteiger partial charge in [0.05, 0.1) is 13.8 Å². The average molecular weight is 262 g/mol. The summed E-state index contributed by atoms with van der Waals surface area (Å²) in [6, 6.07) is 5.50. The molecule has 1 atom stereocenters. The minimum absolute atomic E-state index is 0.281. The molecule has 0 aliphatic rings. The first-order valence-corrected chi connectivity index (χ1v) is 5.11. The van der Waals surface area contributed by atoms with E-state index in [1.165, 1.54) is 0 Å². The number of rotatable bonds is 4. The van der Waals surface area contributed by atoms with E-state index in [1.54, 1.807) is 13.2 Å². The van der Waals surface area contributed by atoms with Crippen LogP contribution in [0.25, 0.3) is 0 Å². The molecule has 1 rings (SSSR count). The van der Waals surface area contributed by atoms with Crippen LogP contribution in [0.3, 0.4) is 0 Å². The molecule has 1 unspecified atom stereocenters. The monoisotopic (exact) mass is 261 g/mol. The maximum atomic E-state index is 12.6. The highest BCUT2D eigenvalue weighted by molar-refractivity contribution is 9.10. The fourth-order valence-electron chi connectivity index (χ4n) is 1.30. The van der Waals surface area contributed by atoms with E-state index in [2.05, 4.69) is 15.9 Å². The SMILES string of the molecule is COc1ccc(Br)cc1C(CN)CF. The molecule has 0 aliphatic carbocycles. The molecule has 0 saturated carbocycles. The molecule has 0 bridgehead atoms. The van der Waals surface area contributed by atoms with E-state index in [9.17, 15) is 4.39 Å². The Hall–Kier alpha value is -0.610. The second-order valence-electron chi connectivity index (χ2n) is 2.97. The van der Waals surface area contributed by atoms with Crippen molar-refractivity contribution in [1.82, 2.24) is 0 Å². The molecular formula is C10H13BrFNO. The summed E-state index contributed by atoms with van der Waals surface area (Å²) < 4.78 is 18.7. The predicted octanol–water partition coefficient (Wildman–Crippen LogP) is 2.47. The van der Waals surface area contributed by atoms with Crippen LogP contribution in [-0.2, 0) is 0 Å². The largest absolute Gasteiger partial charge is 0.496 e. The van der Waals surface area contributed by atoms with E-state index in [-0.39, 0.29) is 12.5 Å². The Kier molecular flexibility index (Phi) is 4.35. The van der Waals surface area contributed by atoms with Gasteiger partial charge in [-0.25, -0.2) is 0 Å². The van der Waals surface area contributed by atoms with Gasteiger partial charge in [-0.1, -0.05) is 15.9 Å². The number of halogens is 2. The summed E-state index contributed by atoms with van der Waals surface area (Å²) in [4.78, 5) is 0. The summed E-state index contributed by atoms with van der Waals surface area (Å²) in [7, 11) is 1.57. The van der Waals surface area contributed by atoms with E-state index in [0.29, 0.717) is 5.75 Å². The van der Waals surface area contributed by atoms with Crippen LogP contribution in [0.1, 0.15) is 11.5 Å². The predicted molar refractivity (Wildman–Crippen MR) is 58.5 cm³/mol. The smallest absolute Gasteiger partial charge is 0.122 e. The van der Waals surface area contributed by atoms with Gasteiger partial charge in [-0.15, -0.1) is 0 Å². The third-order valence-corrected chi connectivity index (χ3v) is 2.60. The third-order valence-electron chi connectivity index (χ3n) is 2.10. The Balaban J connectivity index is 3.08. The molecule has 2 nitrogen and oxygen atoms in total. The summed E-state index contributed by atoms with van der Waals surface area (Å²) >= 11 is 3.33. The van der Waals surface area contributed by atoms with Crippen LogP contribution in [0.4, 0.5) is 4.39 Å². The molecule has 0 aliphatic heterocycles. The van der Waals surface area contributed by atoms with Crippen molar-refractivity contribution in [2.24, 2.45) is 5.73 Å². The highest BCUT2D eigenvalue weighted by atomic mass is 79.9. The van der Waals surface area contributed by atoms with E-state index in [4.69, 9.17) is 10.5 Å². The van der Waals surface area contributed by atoms with Crippen molar-refractivity contribution in [3.8, 4) is 5.75 Å². The van der Waals surface area contributed by atoms with E-state index < -0.39 is 6.67 Å². The molecule has 1 aromatic rings. The fraction of sp³-hybridized carbons (Fsp3) is 0.400. The lowest BCUT2D eigenvalue weighted by atomic mass is 10.00. The normalized spacial score (nSPS) is 12.6. The Morgan fingerprint density at radius 1 is 1.57 bits per heavy atom. The lowest BCUT2D eigenvalue weighted by Gasteiger charge is -2.15. The van der Waals surface area contributed by atoms with Crippen LogP contribution in [0.5, 0.6) is 5.75 Å². The van der Waals surface area contributed by atoms with Gasteiger partial charge in [0.15, 0.2) is 0 Å². The molecule has 0 spiro atoms. The Morgan fingerprint density at radius 2 is 2.29 bits per heavy atom. The lowest BCUT2D eigenvalue weighted by molar-refractivity contribution is 0.388. The molecule has 0 heterocycles. The fourth-order valence-corrected chi connectivity index (χ4v) is 1.68. The number of benzene rings is 1. The quantitative estimate of drug-likeness (QED) is 0.904. The van der Waals surface area contributed by atoms with Gasteiger partial charge in [0.2, 0.25) is 0 Å². The molecule has 14 heavy (non-hydrogen) atoms. The molecule has 0 saturated heterocycles. The summed E-state index contributed by atoms with van der Waals surface area (Å²) in [5.74, 6) is 0.392. The van der Waals surface area contributed by atoms with Crippen molar-refractivity contribution >= 4 is 15.9 Å². The maximum absolute atomic E-state index is 12.6. The van der Waals surface area contributed by atoms with Crippen LogP contribution in [0, 0.1) is 0 Å². The van der Waals surface area contributed by atoms with E-state index in [1.807, 2.05) is 12.1 Å². The highest BCUT2D eigenvalue weighted by Crippen LogP contribution is 2.29. The van der Waals surface area contributed by atoms with Crippen molar-refractivity contribution < 1.29 is 9.13 Å². The summed E-state index contributed by atoms with van der Waals surface area (Å²) in [5, 5.41) is 0. The zero-order chi connectivity index (χ0) is 10.6. The zero-order valence-corrected chi connectivity index (χ0v) is 9.55. The minimum atomic E-state index is -0.469. The molecular weight excluding hydrogens is 249 g/mol. The summed E-state index contributed by atoms with van der Waals surface area (Å²) in [5.41, 5.74) is 6.29. The van der Waals surface area contributed by atoms with Crippen molar-refractivity contribution in [3.05, 3.63) is 28.2 Å². The van der Waals surface area contributed by atoms with Crippen LogP contribution in [0.2, 0.25) is 0 Å². The molecule has 1 aromatic carbocycles. The second-order valence-corrected chi connectivity index (χ2v) is 3.89. The van der Waals surface area contributed by atoms with Crippen molar-refractivity contribution in [3.63, 3.8) is 0 Å². The van der Waals surface area contributed by atoms with Gasteiger partial charge in [0.25, 0.3) is 0 Å². The molecule has 0 amide bonds. The van der Waals surface area contributed by atoms with Crippen LogP contribution in [-0.4, -0.2) is 20.3 Å². The van der Waals surface area contributed by atoms with Crippen molar-refractivity contribution in [1.29, 1.82) is 0 Å². The Labute approximate surface area is 91.4 Å². The van der Waals surface area contributed by atoms with Crippen molar-refractivity contribution in [2.75, 3.05) is 20.3 Å². The number of methoxy groups -OCH3 is 1. The van der Waals surface area contributed by atoms with Gasteiger partial charge in [-0.2, -0.15) is 0 Å². The number of ether oxygens (including phenoxy) is 1. The molecule has 2 N–H and O–H groups in total. The number of nitrogens with two attached hydrogens (primary N) is 1. The second kappa shape index (κ2) is 5.32. The van der Waals surface area contributed by atoms with E-state index >= 15 is 0 Å². The number of alkyl halides is 1. The average Bonchev–Trinajstić information content (AvgIpc) is 2.20. The zero-order valence-electron chi connectivity index (χ0n) is 7.97.